The second-order valence-corrected chi connectivity index (χ2v) is 9.75. The summed E-state index contributed by atoms with van der Waals surface area (Å²) < 4.78 is 4.57. The van der Waals surface area contributed by atoms with Gasteiger partial charge in [0.2, 0.25) is 0 Å². The van der Waals surface area contributed by atoms with Crippen LogP contribution in [0.15, 0.2) is 48.8 Å². The van der Waals surface area contributed by atoms with Gasteiger partial charge in [-0.05, 0) is 23.7 Å². The van der Waals surface area contributed by atoms with E-state index in [0.29, 0.717) is 23.7 Å². The molecule has 2 aromatic carbocycles. The molecule has 0 amide bonds. The minimum Gasteiger partial charge on any atom is -0.250 e. The first-order valence-corrected chi connectivity index (χ1v) is 11.6. The lowest BCUT2D eigenvalue weighted by Gasteiger charge is -2.23. The Labute approximate surface area is 191 Å². The Morgan fingerprint density at radius 3 is 1.52 bits per heavy atom. The molecule has 0 saturated carbocycles. The van der Waals surface area contributed by atoms with E-state index in [1.54, 1.807) is 7.17 Å². The summed E-state index contributed by atoms with van der Waals surface area (Å²) >= 11 is 0. The van der Waals surface area contributed by atoms with Gasteiger partial charge in [-0.15, -0.1) is 0 Å². The van der Waals surface area contributed by atoms with Gasteiger partial charge < -0.3 is 0 Å². The summed E-state index contributed by atoms with van der Waals surface area (Å²) in [7, 11) is 8.06. The number of hydrogen-bond acceptors (Lipinski definition) is 0. The molecule has 0 N–H and O–H groups in total. The van der Waals surface area contributed by atoms with Gasteiger partial charge >= 0.3 is 0 Å². The lowest BCUT2D eigenvalue weighted by molar-refractivity contribution is -0.576. The molecule has 2 nitrogen and oxygen atoms in total. The second kappa shape index (κ2) is 9.51. The highest BCUT2D eigenvalue weighted by molar-refractivity contribution is 6.96. The monoisotopic (exact) mass is 410 g/mol. The highest BCUT2D eigenvalue weighted by atomic mass is 15.1. The number of aromatic nitrogens is 2. The third-order valence-corrected chi connectivity index (χ3v) is 6.17. The molecule has 1 heterocycles. The van der Waals surface area contributed by atoms with E-state index in [0.717, 1.165) is 5.72 Å². The van der Waals surface area contributed by atoms with E-state index < -0.39 is 0 Å². The van der Waals surface area contributed by atoms with Crippen LogP contribution in [0.3, 0.4) is 0 Å². The molecule has 1 aromatic heterocycles. The van der Waals surface area contributed by atoms with Gasteiger partial charge in [0, 0.05) is 28.0 Å². The maximum atomic E-state index is 6.31. The molecular weight excluding hydrogens is 374 g/mol. The number of para-hydroxylation sites is 2. The maximum absolute atomic E-state index is 6.31. The van der Waals surface area contributed by atoms with Crippen molar-refractivity contribution in [1.82, 2.24) is 4.57 Å². The van der Waals surface area contributed by atoms with Crippen molar-refractivity contribution in [2.45, 2.75) is 79.1 Å². The molecule has 0 unspecified atom stereocenters. The van der Waals surface area contributed by atoms with E-state index in [-0.39, 0.29) is 0 Å². The minimum absolute atomic E-state index is 0.421. The molecule has 0 bridgehead atoms. The van der Waals surface area contributed by atoms with Crippen molar-refractivity contribution in [2.75, 3.05) is 0 Å². The van der Waals surface area contributed by atoms with Gasteiger partial charge in [-0.2, -0.15) is 0 Å². The Morgan fingerprint density at radius 2 is 1.13 bits per heavy atom. The normalized spacial score (nSPS) is 12.0. The van der Waals surface area contributed by atoms with Crippen LogP contribution in [-0.4, -0.2) is 19.5 Å². The summed E-state index contributed by atoms with van der Waals surface area (Å²) in [5, 5.41) is 0. The topological polar surface area (TPSA) is 8.81 Å². The largest absolute Gasteiger partial charge is 0.250 e. The van der Waals surface area contributed by atoms with E-state index in [1.807, 2.05) is 0 Å². The van der Waals surface area contributed by atoms with Crippen LogP contribution in [-0.2, 0) is 0 Å². The molecule has 0 aliphatic carbocycles. The van der Waals surface area contributed by atoms with Gasteiger partial charge in [0.05, 0.1) is 0 Å². The molecule has 160 valence electrons. The molecular formula is C27H36B2N2. The molecule has 4 heteroatoms. The predicted molar refractivity (Wildman–Crippen MR) is 135 cm³/mol. The third-order valence-electron chi connectivity index (χ3n) is 6.17. The summed E-state index contributed by atoms with van der Waals surface area (Å²) in [5.74, 6) is 1.68. The van der Waals surface area contributed by atoms with Gasteiger partial charge in [0.15, 0.2) is 0 Å². The Balaban J connectivity index is 2.36. The van der Waals surface area contributed by atoms with E-state index in [9.17, 15) is 0 Å². The second-order valence-electron chi connectivity index (χ2n) is 9.75. The van der Waals surface area contributed by atoms with Crippen LogP contribution in [0.2, 0.25) is 0 Å². The summed E-state index contributed by atoms with van der Waals surface area (Å²) in [6.45, 7) is 18.1. The van der Waals surface area contributed by atoms with Gasteiger partial charge in [-0.1, -0.05) is 91.8 Å². The fraction of sp³-hybridized carbons (Fsp3) is 0.444. The Kier molecular flexibility index (Phi) is 7.19. The molecule has 4 radical (unpaired) electrons. The fourth-order valence-corrected chi connectivity index (χ4v) is 4.52. The third kappa shape index (κ3) is 4.40. The van der Waals surface area contributed by atoms with Crippen LogP contribution >= 0.6 is 0 Å². The minimum atomic E-state index is 0.421. The molecule has 0 spiro atoms. The van der Waals surface area contributed by atoms with Crippen LogP contribution in [0.1, 0.15) is 101 Å². The first kappa shape index (κ1) is 23.4. The molecule has 3 rings (SSSR count). The molecule has 3 aromatic rings. The molecule has 0 aliphatic rings. The van der Waals surface area contributed by atoms with Crippen molar-refractivity contribution in [3.63, 3.8) is 0 Å². The number of benzene rings is 2. The van der Waals surface area contributed by atoms with E-state index >= 15 is 0 Å². The highest BCUT2D eigenvalue weighted by Crippen LogP contribution is 2.31. The first-order valence-electron chi connectivity index (χ1n) is 11.6. The van der Waals surface area contributed by atoms with Crippen molar-refractivity contribution in [3.05, 3.63) is 71.0 Å². The van der Waals surface area contributed by atoms with E-state index in [2.05, 4.69) is 113 Å². The maximum Gasteiger partial charge on any atom is 0.135 e. The number of imidazole rings is 1. The van der Waals surface area contributed by atoms with Crippen LogP contribution in [0, 0.1) is 0 Å². The summed E-state index contributed by atoms with van der Waals surface area (Å²) in [6, 6.07) is 13.4. The Bertz CT molecular complexity index is 912. The number of hydrogen-bond donors (Lipinski definition) is 0. The summed E-state index contributed by atoms with van der Waals surface area (Å²) in [5.41, 5.74) is 8.89. The lowest BCUT2D eigenvalue weighted by Crippen LogP contribution is -2.52. The van der Waals surface area contributed by atoms with Crippen molar-refractivity contribution in [3.8, 4) is 11.4 Å². The molecule has 0 aliphatic heterocycles. The predicted octanol–water partition coefficient (Wildman–Crippen LogP) is 5.66. The van der Waals surface area contributed by atoms with E-state index in [4.69, 9.17) is 7.74 Å². The zero-order valence-corrected chi connectivity index (χ0v) is 20.5. The highest BCUT2D eigenvalue weighted by Gasteiger charge is 2.24. The van der Waals surface area contributed by atoms with Crippen LogP contribution < -0.4 is 10.3 Å². The zero-order chi connectivity index (χ0) is 22.9. The average Bonchev–Trinajstić information content (AvgIpc) is 3.15. The van der Waals surface area contributed by atoms with Crippen molar-refractivity contribution in [2.24, 2.45) is 0 Å². The van der Waals surface area contributed by atoms with Crippen LogP contribution in [0.5, 0.6) is 0 Å². The van der Waals surface area contributed by atoms with Gasteiger partial charge in [-0.3, -0.25) is 7.74 Å². The molecule has 31 heavy (non-hydrogen) atoms. The van der Waals surface area contributed by atoms with Gasteiger partial charge in [0.25, 0.3) is 0 Å². The smallest absolute Gasteiger partial charge is 0.135 e. The van der Waals surface area contributed by atoms with Crippen molar-refractivity contribution < 1.29 is 4.57 Å². The lowest BCUT2D eigenvalue weighted by atomic mass is 9.55. The molecule has 0 saturated heterocycles. The summed E-state index contributed by atoms with van der Waals surface area (Å²) in [4.78, 5) is 0. The Morgan fingerprint density at radius 1 is 0.710 bits per heavy atom. The number of nitrogens with zero attached hydrogens (tertiary/aromatic N) is 2. The standard InChI is InChI=1S/C27H36B2N2/c1-17(2)21-11-9-12-22(18(3)4)25(21)30-15-16-31(27(30)29-28)26-23(19(5)6)13-10-14-24(26)20(7)8/h9-20H,1-8H3. The quantitative estimate of drug-likeness (QED) is 0.351. The first-order chi connectivity index (χ1) is 14.7. The zero-order valence-electron chi connectivity index (χ0n) is 20.5. The average molecular weight is 410 g/mol. The molecule has 0 atom stereocenters. The van der Waals surface area contributed by atoms with Crippen LogP contribution in [0.4, 0.5) is 0 Å². The summed E-state index contributed by atoms with van der Waals surface area (Å²) in [6.07, 6.45) is 4.35. The number of rotatable bonds is 7. The van der Waals surface area contributed by atoms with Crippen LogP contribution in [0.25, 0.3) is 11.4 Å². The van der Waals surface area contributed by atoms with Crippen molar-refractivity contribution >= 4 is 20.6 Å². The van der Waals surface area contributed by atoms with E-state index in [1.165, 1.54) is 33.6 Å². The molecule has 0 fully saturated rings. The van der Waals surface area contributed by atoms with Crippen molar-refractivity contribution in [1.29, 1.82) is 0 Å². The SMILES string of the molecule is [B][B-]c1n(-c2c(C(C)C)cccc2C(C)C)cc[n+]1-c1c(C(C)C)cccc1C(C)C. The van der Waals surface area contributed by atoms with Gasteiger partial charge in [-0.25, -0.2) is 16.3 Å². The Hall–Kier alpha value is -2.22. The van der Waals surface area contributed by atoms with Gasteiger partial charge in [0.1, 0.15) is 23.8 Å². The fourth-order valence-electron chi connectivity index (χ4n) is 4.52.